The molecule has 2 heterocycles. The molecule has 3 N–H and O–H groups in total. The molecule has 0 spiro atoms. The number of nitrogens with zero attached hydrogens (tertiary/aromatic N) is 2. The fourth-order valence-corrected chi connectivity index (χ4v) is 3.82. The second-order valence-electron chi connectivity index (χ2n) is 10.4. The molecule has 8 nitrogen and oxygen atoms in total. The highest BCUT2D eigenvalue weighted by Crippen LogP contribution is 2.39. The Morgan fingerprint density at radius 3 is 2.39 bits per heavy atom. The van der Waals surface area contributed by atoms with E-state index < -0.39 is 34.8 Å². The Hall–Kier alpha value is -2.61. The number of esters is 1. The Labute approximate surface area is 183 Å². The molecule has 0 bridgehead atoms. The summed E-state index contributed by atoms with van der Waals surface area (Å²) in [6.07, 6.45) is -0.697. The largest absolute Gasteiger partial charge is 0.459 e. The number of ether oxygens (including phenoxy) is 2. The van der Waals surface area contributed by atoms with Crippen molar-refractivity contribution >= 4 is 23.1 Å². The number of benzene rings is 1. The molecule has 3 rings (SSSR count). The van der Waals surface area contributed by atoms with Gasteiger partial charge in [0, 0.05) is 13.0 Å². The Morgan fingerprint density at radius 1 is 1.16 bits per heavy atom. The Kier molecular flexibility index (Phi) is 5.82. The van der Waals surface area contributed by atoms with Crippen LogP contribution in [0.1, 0.15) is 65.8 Å². The molecule has 0 radical (unpaired) electrons. The van der Waals surface area contributed by atoms with E-state index in [1.54, 1.807) is 0 Å². The molecule has 1 aliphatic heterocycles. The van der Waals surface area contributed by atoms with Crippen LogP contribution in [0.15, 0.2) is 18.2 Å². The summed E-state index contributed by atoms with van der Waals surface area (Å²) in [5.41, 5.74) is 6.73. The van der Waals surface area contributed by atoms with E-state index in [2.05, 4.69) is 4.98 Å². The molecule has 0 aliphatic carbocycles. The zero-order chi connectivity index (χ0) is 23.2. The van der Waals surface area contributed by atoms with Crippen molar-refractivity contribution in [3.63, 3.8) is 0 Å². The van der Waals surface area contributed by atoms with E-state index in [0.29, 0.717) is 12.2 Å². The number of carbonyl (C=O) groups excluding carboxylic acids is 2. The third-order valence-electron chi connectivity index (χ3n) is 5.25. The number of amides is 1. The van der Waals surface area contributed by atoms with E-state index in [0.717, 1.165) is 16.6 Å². The number of imidazole rings is 1. The minimum absolute atomic E-state index is 0.181. The number of hydrogen-bond acceptors (Lipinski definition) is 6. The monoisotopic (exact) mass is 430 g/mol. The fourth-order valence-electron chi connectivity index (χ4n) is 3.82. The zero-order valence-electron chi connectivity index (χ0n) is 19.5. The maximum absolute atomic E-state index is 13.5. The standard InChI is InChI=1S/C23H34N4O4/c1-14-8-9-15-16(12-14)26-18(25-15)23(19(28)30-21(2,3)4)10-11-27(17(24)13-23)20(29)31-22(5,6)7/h8-9,12,17H,10-11,13,24H2,1-7H3,(H,25,26). The van der Waals surface area contributed by atoms with Crippen LogP contribution in [0.5, 0.6) is 0 Å². The van der Waals surface area contributed by atoms with Crippen molar-refractivity contribution in [3.8, 4) is 0 Å². The van der Waals surface area contributed by atoms with Gasteiger partial charge in [0.15, 0.2) is 0 Å². The SMILES string of the molecule is Cc1ccc2nc(C3(C(=O)OC(C)(C)C)CCN(C(=O)OC(C)(C)C)C(N)C3)[nH]c2c1. The predicted octanol–water partition coefficient (Wildman–Crippen LogP) is 3.77. The average Bonchev–Trinajstić information content (AvgIpc) is 3.01. The van der Waals surface area contributed by atoms with E-state index in [4.69, 9.17) is 20.2 Å². The van der Waals surface area contributed by atoms with Crippen LogP contribution >= 0.6 is 0 Å². The molecule has 170 valence electrons. The van der Waals surface area contributed by atoms with Crippen molar-refractivity contribution in [1.29, 1.82) is 0 Å². The first-order valence-corrected chi connectivity index (χ1v) is 10.7. The maximum atomic E-state index is 13.5. The normalized spacial score (nSPS) is 22.5. The van der Waals surface area contributed by atoms with Gasteiger partial charge in [0.2, 0.25) is 0 Å². The van der Waals surface area contributed by atoms with E-state index in [-0.39, 0.29) is 13.0 Å². The number of hydrogen-bond donors (Lipinski definition) is 2. The van der Waals surface area contributed by atoms with Crippen LogP contribution < -0.4 is 5.73 Å². The van der Waals surface area contributed by atoms with Crippen LogP contribution in [0.25, 0.3) is 11.0 Å². The van der Waals surface area contributed by atoms with Gasteiger partial charge in [0.1, 0.15) is 22.4 Å². The molecule has 1 fully saturated rings. The van der Waals surface area contributed by atoms with Crippen molar-refractivity contribution in [1.82, 2.24) is 14.9 Å². The lowest BCUT2D eigenvalue weighted by Gasteiger charge is -2.43. The maximum Gasteiger partial charge on any atom is 0.411 e. The number of aromatic nitrogens is 2. The van der Waals surface area contributed by atoms with Gasteiger partial charge in [-0.2, -0.15) is 0 Å². The van der Waals surface area contributed by atoms with Gasteiger partial charge in [-0.05, 0) is 72.6 Å². The first kappa shape index (κ1) is 23.1. The molecule has 31 heavy (non-hydrogen) atoms. The molecule has 2 atom stereocenters. The lowest BCUT2D eigenvalue weighted by atomic mass is 9.76. The summed E-state index contributed by atoms with van der Waals surface area (Å²) in [6, 6.07) is 5.89. The number of fused-ring (bicyclic) bond motifs is 1. The van der Waals surface area contributed by atoms with E-state index in [1.165, 1.54) is 4.90 Å². The molecular weight excluding hydrogens is 396 g/mol. The molecule has 1 aromatic carbocycles. The quantitative estimate of drug-likeness (QED) is 0.702. The summed E-state index contributed by atoms with van der Waals surface area (Å²) < 4.78 is 11.3. The Bertz CT molecular complexity index is 986. The number of piperidine rings is 1. The second-order valence-corrected chi connectivity index (χ2v) is 10.4. The number of rotatable bonds is 2. The van der Waals surface area contributed by atoms with Crippen LogP contribution in [-0.2, 0) is 19.7 Å². The van der Waals surface area contributed by atoms with Crippen LogP contribution in [0.4, 0.5) is 4.79 Å². The number of H-pyrrole nitrogens is 1. The highest BCUT2D eigenvalue weighted by atomic mass is 16.6. The Balaban J connectivity index is 1.98. The van der Waals surface area contributed by atoms with Crippen molar-refractivity contribution in [2.45, 2.75) is 84.1 Å². The van der Waals surface area contributed by atoms with Crippen LogP contribution in [-0.4, -0.2) is 50.8 Å². The average molecular weight is 431 g/mol. The predicted molar refractivity (Wildman–Crippen MR) is 119 cm³/mol. The first-order valence-electron chi connectivity index (χ1n) is 10.7. The smallest absolute Gasteiger partial charge is 0.411 e. The van der Waals surface area contributed by atoms with E-state index in [9.17, 15) is 9.59 Å². The van der Waals surface area contributed by atoms with Gasteiger partial charge >= 0.3 is 12.1 Å². The van der Waals surface area contributed by atoms with Gasteiger partial charge in [-0.25, -0.2) is 9.78 Å². The van der Waals surface area contributed by atoms with Crippen molar-refractivity contribution < 1.29 is 19.1 Å². The van der Waals surface area contributed by atoms with Crippen molar-refractivity contribution in [3.05, 3.63) is 29.6 Å². The second kappa shape index (κ2) is 7.82. The highest BCUT2D eigenvalue weighted by Gasteiger charge is 2.51. The number of nitrogens with two attached hydrogens (primary N) is 1. The summed E-state index contributed by atoms with van der Waals surface area (Å²) >= 11 is 0. The van der Waals surface area contributed by atoms with Crippen molar-refractivity contribution in [2.24, 2.45) is 5.73 Å². The first-order chi connectivity index (χ1) is 14.2. The highest BCUT2D eigenvalue weighted by molar-refractivity contribution is 5.85. The zero-order valence-corrected chi connectivity index (χ0v) is 19.5. The molecule has 2 aromatic rings. The van der Waals surface area contributed by atoms with Gasteiger partial charge in [0.25, 0.3) is 0 Å². The van der Waals surface area contributed by atoms with E-state index >= 15 is 0 Å². The summed E-state index contributed by atoms with van der Waals surface area (Å²) in [4.78, 5) is 35.6. The number of aromatic amines is 1. The molecule has 1 aromatic heterocycles. The molecule has 1 aliphatic rings. The number of carbonyl (C=O) groups is 2. The summed E-state index contributed by atoms with van der Waals surface area (Å²) in [6.45, 7) is 13.2. The summed E-state index contributed by atoms with van der Waals surface area (Å²) in [7, 11) is 0. The van der Waals surface area contributed by atoms with Gasteiger partial charge in [-0.15, -0.1) is 0 Å². The summed E-state index contributed by atoms with van der Waals surface area (Å²) in [5.74, 6) is 0.122. The Morgan fingerprint density at radius 2 is 1.81 bits per heavy atom. The van der Waals surface area contributed by atoms with Crippen molar-refractivity contribution in [2.75, 3.05) is 6.54 Å². The van der Waals surface area contributed by atoms with Gasteiger partial charge in [-0.1, -0.05) is 6.07 Å². The van der Waals surface area contributed by atoms with Crippen LogP contribution in [0.3, 0.4) is 0 Å². The van der Waals surface area contributed by atoms with Crippen LogP contribution in [0.2, 0.25) is 0 Å². The fraction of sp³-hybridized carbons (Fsp3) is 0.609. The lowest BCUT2D eigenvalue weighted by molar-refractivity contribution is -0.165. The summed E-state index contributed by atoms with van der Waals surface area (Å²) in [5, 5.41) is 0. The molecular formula is C23H34N4O4. The number of likely N-dealkylation sites (tertiary alicyclic amines) is 1. The third-order valence-corrected chi connectivity index (χ3v) is 5.25. The lowest BCUT2D eigenvalue weighted by Crippen LogP contribution is -2.59. The molecule has 1 amide bonds. The number of aryl methyl sites for hydroxylation is 1. The van der Waals surface area contributed by atoms with Gasteiger partial charge in [-0.3, -0.25) is 9.69 Å². The van der Waals surface area contributed by atoms with Crippen LogP contribution in [0, 0.1) is 6.92 Å². The molecule has 1 saturated heterocycles. The third kappa shape index (κ3) is 5.01. The molecule has 8 heteroatoms. The topological polar surface area (TPSA) is 111 Å². The van der Waals surface area contributed by atoms with Gasteiger partial charge in [0.05, 0.1) is 17.2 Å². The van der Waals surface area contributed by atoms with Gasteiger partial charge < -0.3 is 20.2 Å². The number of nitrogens with one attached hydrogen (secondary N) is 1. The molecule has 0 saturated carbocycles. The molecule has 2 unspecified atom stereocenters. The van der Waals surface area contributed by atoms with E-state index in [1.807, 2.05) is 66.7 Å². The minimum Gasteiger partial charge on any atom is -0.459 e. The minimum atomic E-state index is -1.09.